The van der Waals surface area contributed by atoms with E-state index >= 15 is 0 Å². The van der Waals surface area contributed by atoms with Gasteiger partial charge in [0.2, 0.25) is 5.27 Å². The standard InChI is InChI=1S/C17H20N6O2S/c1-10-8-11(2)19-17-13(10)14(18)15(26-17)16(24)20-12-9-23(21-25-12)22-6-4-3-5-7-22/h8-9H,3-7H2,1-2H3,(H2-,18,20,21,24). The van der Waals surface area contributed by atoms with E-state index in [2.05, 4.69) is 20.3 Å². The first-order chi connectivity index (χ1) is 12.5. The Labute approximate surface area is 154 Å². The third kappa shape index (κ3) is 2.98. The molecule has 3 aromatic rings. The SMILES string of the molecule is Cc1cc(C)c2c(N)c(/C([O-])=N/c3c[n+](N4CCCCC4)no3)sc2n1. The van der Waals surface area contributed by atoms with Gasteiger partial charge in [-0.05, 0) is 44.7 Å². The smallest absolute Gasteiger partial charge is 0.324 e. The Morgan fingerprint density at radius 1 is 1.35 bits per heavy atom. The van der Waals surface area contributed by atoms with Crippen LogP contribution in [0.25, 0.3) is 10.2 Å². The molecule has 3 aromatic heterocycles. The quantitative estimate of drug-likeness (QED) is 0.422. The van der Waals surface area contributed by atoms with E-state index in [-0.39, 0.29) is 5.88 Å². The summed E-state index contributed by atoms with van der Waals surface area (Å²) < 4.78 is 5.20. The van der Waals surface area contributed by atoms with Crippen LogP contribution in [0.3, 0.4) is 0 Å². The van der Waals surface area contributed by atoms with Gasteiger partial charge in [0, 0.05) is 17.0 Å². The Balaban J connectivity index is 1.66. The highest BCUT2D eigenvalue weighted by molar-refractivity contribution is 7.21. The molecular weight excluding hydrogens is 352 g/mol. The lowest BCUT2D eigenvalue weighted by Crippen LogP contribution is -2.60. The molecule has 9 heteroatoms. The van der Waals surface area contributed by atoms with Crippen molar-refractivity contribution < 1.29 is 14.4 Å². The number of nitrogen functional groups attached to an aromatic ring is 1. The van der Waals surface area contributed by atoms with Crippen molar-refractivity contribution >= 4 is 39.0 Å². The number of rotatable bonds is 3. The molecule has 0 bridgehead atoms. The first-order valence-electron chi connectivity index (χ1n) is 8.59. The van der Waals surface area contributed by atoms with Gasteiger partial charge in [-0.15, -0.1) is 11.3 Å². The number of nitrogens with zero attached hydrogens (tertiary/aromatic N) is 5. The molecule has 0 atom stereocenters. The van der Waals surface area contributed by atoms with Crippen molar-refractivity contribution in [2.24, 2.45) is 4.99 Å². The minimum absolute atomic E-state index is 0.165. The first kappa shape index (κ1) is 16.8. The fraction of sp³-hybridized carbons (Fsp3) is 0.412. The summed E-state index contributed by atoms with van der Waals surface area (Å²) in [6.07, 6.45) is 5.09. The molecule has 0 amide bonds. The summed E-state index contributed by atoms with van der Waals surface area (Å²) in [6, 6.07) is 1.95. The van der Waals surface area contributed by atoms with Gasteiger partial charge in [-0.3, -0.25) is 4.52 Å². The zero-order valence-electron chi connectivity index (χ0n) is 14.7. The molecule has 136 valence electrons. The van der Waals surface area contributed by atoms with Crippen LogP contribution in [-0.2, 0) is 0 Å². The highest BCUT2D eigenvalue weighted by Crippen LogP contribution is 2.35. The molecule has 0 saturated carbocycles. The number of aryl methyl sites for hydroxylation is 2. The van der Waals surface area contributed by atoms with E-state index in [1.807, 2.05) is 19.9 Å². The molecular formula is C17H20N6O2S. The second kappa shape index (κ2) is 6.56. The molecule has 0 aliphatic carbocycles. The molecule has 0 radical (unpaired) electrons. The summed E-state index contributed by atoms with van der Waals surface area (Å²) in [4.78, 5) is 11.3. The predicted octanol–water partition coefficient (Wildman–Crippen LogP) is 1.33. The van der Waals surface area contributed by atoms with Gasteiger partial charge < -0.3 is 10.8 Å². The van der Waals surface area contributed by atoms with Gasteiger partial charge in [-0.2, -0.15) is 5.01 Å². The first-order valence-corrected chi connectivity index (χ1v) is 9.41. The van der Waals surface area contributed by atoms with Crippen LogP contribution in [0, 0.1) is 13.8 Å². The molecule has 4 heterocycles. The van der Waals surface area contributed by atoms with Crippen molar-refractivity contribution in [2.45, 2.75) is 33.1 Å². The lowest BCUT2D eigenvalue weighted by molar-refractivity contribution is -0.759. The predicted molar refractivity (Wildman–Crippen MR) is 98.2 cm³/mol. The van der Waals surface area contributed by atoms with E-state index in [4.69, 9.17) is 10.3 Å². The van der Waals surface area contributed by atoms with Crippen molar-refractivity contribution in [3.05, 3.63) is 28.4 Å². The summed E-state index contributed by atoms with van der Waals surface area (Å²) >= 11 is 1.26. The van der Waals surface area contributed by atoms with E-state index in [1.54, 1.807) is 11.0 Å². The molecule has 1 aliphatic heterocycles. The summed E-state index contributed by atoms with van der Waals surface area (Å²) in [6.45, 7) is 5.71. The van der Waals surface area contributed by atoms with Gasteiger partial charge >= 0.3 is 5.88 Å². The number of pyridine rings is 1. The zero-order chi connectivity index (χ0) is 18.3. The van der Waals surface area contributed by atoms with E-state index in [0.29, 0.717) is 10.6 Å². The van der Waals surface area contributed by atoms with Crippen molar-refractivity contribution in [3.8, 4) is 0 Å². The summed E-state index contributed by atoms with van der Waals surface area (Å²) in [5.74, 6) is -0.275. The third-order valence-electron chi connectivity index (χ3n) is 4.50. The fourth-order valence-corrected chi connectivity index (χ4v) is 4.37. The maximum atomic E-state index is 12.6. The number of fused-ring (bicyclic) bond motifs is 1. The fourth-order valence-electron chi connectivity index (χ4n) is 3.27. The van der Waals surface area contributed by atoms with E-state index in [9.17, 15) is 5.11 Å². The van der Waals surface area contributed by atoms with Crippen LogP contribution in [0.1, 0.15) is 35.4 Å². The Kier molecular flexibility index (Phi) is 4.23. The number of thiophene rings is 1. The number of aromatic nitrogens is 3. The highest BCUT2D eigenvalue weighted by atomic mass is 32.1. The number of hydrogen-bond donors (Lipinski definition) is 1. The molecule has 1 saturated heterocycles. The summed E-state index contributed by atoms with van der Waals surface area (Å²) in [5, 5.41) is 19.5. The van der Waals surface area contributed by atoms with Crippen LogP contribution in [0.15, 0.2) is 21.8 Å². The number of nitrogens with two attached hydrogens (primary N) is 1. The Morgan fingerprint density at radius 2 is 2.12 bits per heavy atom. The van der Waals surface area contributed by atoms with Gasteiger partial charge in [0.1, 0.15) is 4.83 Å². The van der Waals surface area contributed by atoms with Crippen LogP contribution >= 0.6 is 11.3 Å². The van der Waals surface area contributed by atoms with E-state index < -0.39 is 5.90 Å². The molecule has 0 aromatic carbocycles. The molecule has 1 fully saturated rings. The van der Waals surface area contributed by atoms with Crippen LogP contribution in [0.2, 0.25) is 0 Å². The number of aliphatic imine (C=N–C) groups is 1. The minimum Gasteiger partial charge on any atom is -0.857 e. The Morgan fingerprint density at radius 3 is 2.88 bits per heavy atom. The molecule has 1 aliphatic rings. The maximum absolute atomic E-state index is 12.6. The van der Waals surface area contributed by atoms with Crippen molar-refractivity contribution in [1.29, 1.82) is 0 Å². The van der Waals surface area contributed by atoms with Crippen molar-refractivity contribution in [3.63, 3.8) is 0 Å². The highest BCUT2D eigenvalue weighted by Gasteiger charge is 2.22. The van der Waals surface area contributed by atoms with Crippen molar-refractivity contribution in [1.82, 2.24) is 10.3 Å². The molecule has 8 nitrogen and oxygen atoms in total. The third-order valence-corrected chi connectivity index (χ3v) is 5.58. The second-order valence-corrected chi connectivity index (χ2v) is 7.50. The zero-order valence-corrected chi connectivity index (χ0v) is 15.5. The van der Waals surface area contributed by atoms with Gasteiger partial charge in [0.25, 0.3) is 6.20 Å². The largest absolute Gasteiger partial charge is 0.857 e. The van der Waals surface area contributed by atoms with Crippen LogP contribution in [0.5, 0.6) is 0 Å². The molecule has 4 rings (SSSR count). The number of hydrogen-bond acceptors (Lipinski definition) is 8. The van der Waals surface area contributed by atoms with E-state index in [1.165, 1.54) is 17.8 Å². The molecule has 0 spiro atoms. The average Bonchev–Trinajstić information content (AvgIpc) is 3.20. The van der Waals surface area contributed by atoms with Crippen LogP contribution in [-0.4, -0.2) is 29.2 Å². The topological polar surface area (TPSA) is 107 Å². The Bertz CT molecular complexity index is 987. The number of anilines is 1. The van der Waals surface area contributed by atoms with Gasteiger partial charge in [-0.25, -0.2) is 9.98 Å². The number of piperidine rings is 1. The monoisotopic (exact) mass is 372 g/mol. The maximum Gasteiger partial charge on any atom is 0.324 e. The Hall–Kier alpha value is -2.68. The second-order valence-electron chi connectivity index (χ2n) is 6.50. The molecule has 0 unspecified atom stereocenters. The van der Waals surface area contributed by atoms with Gasteiger partial charge in [0.15, 0.2) is 0 Å². The van der Waals surface area contributed by atoms with Crippen LogP contribution in [0.4, 0.5) is 11.6 Å². The summed E-state index contributed by atoms with van der Waals surface area (Å²) in [7, 11) is 0. The lowest BCUT2D eigenvalue weighted by atomic mass is 10.1. The van der Waals surface area contributed by atoms with Crippen molar-refractivity contribution in [2.75, 3.05) is 23.8 Å². The van der Waals surface area contributed by atoms with Crippen LogP contribution < -0.4 is 20.6 Å². The van der Waals surface area contributed by atoms with E-state index in [0.717, 1.165) is 47.4 Å². The lowest BCUT2D eigenvalue weighted by Gasteiger charge is -2.17. The minimum atomic E-state index is -0.440. The molecule has 2 N–H and O–H groups in total. The average molecular weight is 372 g/mol. The normalized spacial score (nSPS) is 15.8. The molecule has 26 heavy (non-hydrogen) atoms. The summed E-state index contributed by atoms with van der Waals surface area (Å²) in [5.41, 5.74) is 8.52. The van der Waals surface area contributed by atoms with Gasteiger partial charge in [0.05, 0.1) is 28.4 Å². The van der Waals surface area contributed by atoms with Gasteiger partial charge in [-0.1, -0.05) is 0 Å².